The highest BCUT2D eigenvalue weighted by atomic mass is 16.6. The molecule has 19 heavy (non-hydrogen) atoms. The number of rotatable bonds is 3. The van der Waals surface area contributed by atoms with Gasteiger partial charge in [0.1, 0.15) is 0 Å². The highest BCUT2D eigenvalue weighted by Crippen LogP contribution is 2.46. The quantitative estimate of drug-likeness (QED) is 0.824. The van der Waals surface area contributed by atoms with Gasteiger partial charge in [-0.1, -0.05) is 0 Å². The van der Waals surface area contributed by atoms with Crippen molar-refractivity contribution >= 4 is 17.8 Å². The average molecular weight is 265 g/mol. The van der Waals surface area contributed by atoms with Gasteiger partial charge in [0.2, 0.25) is 29.1 Å². The molecule has 0 aliphatic heterocycles. The van der Waals surface area contributed by atoms with Crippen molar-refractivity contribution in [3.8, 4) is 23.0 Å². The van der Waals surface area contributed by atoms with E-state index >= 15 is 0 Å². The number of anilines is 1. The Bertz CT molecular complexity index is 610. The van der Waals surface area contributed by atoms with Crippen LogP contribution in [0, 0.1) is 0 Å². The molecule has 2 N–H and O–H groups in total. The number of nitrogens with one attached hydrogen (secondary N) is 1. The van der Waals surface area contributed by atoms with E-state index in [0.717, 1.165) is 6.92 Å². The SMILES string of the molecule is CC(=O)Nc1oc(-c2ccco2)c(O)c1OC(C)=O. The summed E-state index contributed by atoms with van der Waals surface area (Å²) >= 11 is 0. The standard InChI is InChI=1S/C12H11NO6/c1-6(14)13-12-11(18-7(2)15)9(16)10(19-12)8-4-3-5-17-8/h3-5,16H,1-2H3,(H,13,14). The lowest BCUT2D eigenvalue weighted by Gasteiger charge is -2.01. The minimum atomic E-state index is -0.659. The minimum absolute atomic E-state index is 0.0370. The van der Waals surface area contributed by atoms with Crippen LogP contribution in [0.4, 0.5) is 5.88 Å². The zero-order valence-corrected chi connectivity index (χ0v) is 10.2. The molecule has 7 nitrogen and oxygen atoms in total. The van der Waals surface area contributed by atoms with Crippen molar-refractivity contribution in [2.24, 2.45) is 0 Å². The molecule has 0 aliphatic rings. The summed E-state index contributed by atoms with van der Waals surface area (Å²) in [4.78, 5) is 22.0. The van der Waals surface area contributed by atoms with E-state index in [9.17, 15) is 14.7 Å². The van der Waals surface area contributed by atoms with E-state index in [4.69, 9.17) is 13.6 Å². The molecule has 0 spiro atoms. The normalized spacial score (nSPS) is 10.2. The van der Waals surface area contributed by atoms with Gasteiger partial charge in [-0.15, -0.1) is 0 Å². The third kappa shape index (κ3) is 2.59. The maximum absolute atomic E-state index is 11.0. The van der Waals surface area contributed by atoms with Crippen molar-refractivity contribution in [2.45, 2.75) is 13.8 Å². The second-order valence-electron chi connectivity index (χ2n) is 3.69. The van der Waals surface area contributed by atoms with E-state index < -0.39 is 17.6 Å². The van der Waals surface area contributed by atoms with Crippen molar-refractivity contribution in [1.29, 1.82) is 0 Å². The number of aromatic hydroxyl groups is 1. The van der Waals surface area contributed by atoms with Crippen LogP contribution in [0.5, 0.6) is 11.5 Å². The maximum Gasteiger partial charge on any atom is 0.308 e. The van der Waals surface area contributed by atoms with E-state index in [0.29, 0.717) is 0 Å². The number of carbonyl (C=O) groups is 2. The van der Waals surface area contributed by atoms with Gasteiger partial charge >= 0.3 is 5.97 Å². The zero-order valence-electron chi connectivity index (χ0n) is 10.2. The van der Waals surface area contributed by atoms with Crippen LogP contribution in [-0.4, -0.2) is 17.0 Å². The van der Waals surface area contributed by atoms with Gasteiger partial charge < -0.3 is 18.7 Å². The van der Waals surface area contributed by atoms with Crippen molar-refractivity contribution in [2.75, 3.05) is 5.32 Å². The summed E-state index contributed by atoms with van der Waals surface area (Å²) < 4.78 is 15.1. The lowest BCUT2D eigenvalue weighted by Crippen LogP contribution is -2.08. The van der Waals surface area contributed by atoms with Crippen molar-refractivity contribution in [3.63, 3.8) is 0 Å². The minimum Gasteiger partial charge on any atom is -0.501 e. The molecule has 0 radical (unpaired) electrons. The van der Waals surface area contributed by atoms with Gasteiger partial charge in [-0.05, 0) is 12.1 Å². The first-order valence-electron chi connectivity index (χ1n) is 5.34. The number of hydrogen-bond donors (Lipinski definition) is 2. The van der Waals surface area contributed by atoms with E-state index in [1.54, 1.807) is 12.1 Å². The number of esters is 1. The monoisotopic (exact) mass is 265 g/mol. The first-order chi connectivity index (χ1) is 8.99. The van der Waals surface area contributed by atoms with Crippen LogP contribution in [0.15, 0.2) is 27.2 Å². The van der Waals surface area contributed by atoms with Crippen LogP contribution in [-0.2, 0) is 9.59 Å². The summed E-state index contributed by atoms with van der Waals surface area (Å²) in [6.45, 7) is 2.42. The summed E-state index contributed by atoms with van der Waals surface area (Å²) in [5.74, 6) is -1.73. The topological polar surface area (TPSA) is 102 Å². The average Bonchev–Trinajstić information content (AvgIpc) is 2.90. The van der Waals surface area contributed by atoms with Gasteiger partial charge in [0.15, 0.2) is 5.76 Å². The third-order valence-corrected chi connectivity index (χ3v) is 2.12. The summed E-state index contributed by atoms with van der Waals surface area (Å²) in [6.07, 6.45) is 1.39. The van der Waals surface area contributed by atoms with Crippen molar-refractivity contribution in [3.05, 3.63) is 18.4 Å². The van der Waals surface area contributed by atoms with Crippen molar-refractivity contribution < 1.29 is 28.3 Å². The number of hydrogen-bond acceptors (Lipinski definition) is 6. The molecule has 0 atom stereocenters. The Hall–Kier alpha value is -2.70. The molecule has 100 valence electrons. The summed E-state index contributed by atoms with van der Waals surface area (Å²) in [5.41, 5.74) is 0. The van der Waals surface area contributed by atoms with Crippen LogP contribution < -0.4 is 10.1 Å². The molecule has 7 heteroatoms. The van der Waals surface area contributed by atoms with Crippen molar-refractivity contribution in [1.82, 2.24) is 0 Å². The molecule has 0 fully saturated rings. The van der Waals surface area contributed by atoms with Gasteiger partial charge in [-0.3, -0.25) is 14.9 Å². The fraction of sp³-hybridized carbons (Fsp3) is 0.167. The highest BCUT2D eigenvalue weighted by molar-refractivity contribution is 5.91. The molecule has 2 aromatic heterocycles. The van der Waals surface area contributed by atoms with Gasteiger partial charge in [0, 0.05) is 13.8 Å². The maximum atomic E-state index is 11.0. The fourth-order valence-electron chi connectivity index (χ4n) is 1.46. The Morgan fingerprint density at radius 3 is 2.63 bits per heavy atom. The van der Waals surface area contributed by atoms with Crippen LogP contribution in [0.3, 0.4) is 0 Å². The Labute approximate surface area is 107 Å². The smallest absolute Gasteiger partial charge is 0.308 e. The van der Waals surface area contributed by atoms with Crippen LogP contribution in [0.25, 0.3) is 11.5 Å². The van der Waals surface area contributed by atoms with Gasteiger partial charge in [0.05, 0.1) is 6.26 Å². The molecule has 0 saturated carbocycles. The van der Waals surface area contributed by atoms with E-state index in [1.807, 2.05) is 0 Å². The molecular formula is C12H11NO6. The third-order valence-electron chi connectivity index (χ3n) is 2.12. The first-order valence-corrected chi connectivity index (χ1v) is 5.34. The second-order valence-corrected chi connectivity index (χ2v) is 3.69. The van der Waals surface area contributed by atoms with Crippen LogP contribution in [0.1, 0.15) is 13.8 Å². The summed E-state index contributed by atoms with van der Waals surface area (Å²) in [5, 5.41) is 12.3. The van der Waals surface area contributed by atoms with Gasteiger partial charge in [0.25, 0.3) is 0 Å². The largest absolute Gasteiger partial charge is 0.501 e. The number of furan rings is 2. The molecule has 1 amide bonds. The highest BCUT2D eigenvalue weighted by Gasteiger charge is 2.26. The first kappa shape index (κ1) is 12.7. The number of carbonyl (C=O) groups excluding carboxylic acids is 2. The molecule has 2 heterocycles. The predicted molar refractivity (Wildman–Crippen MR) is 63.7 cm³/mol. The van der Waals surface area contributed by atoms with Crippen LogP contribution in [0.2, 0.25) is 0 Å². The number of ether oxygens (including phenoxy) is 1. The second kappa shape index (κ2) is 4.89. The Morgan fingerprint density at radius 1 is 1.37 bits per heavy atom. The lowest BCUT2D eigenvalue weighted by molar-refractivity contribution is -0.132. The van der Waals surface area contributed by atoms with Crippen LogP contribution >= 0.6 is 0 Å². The zero-order chi connectivity index (χ0) is 14.0. The summed E-state index contributed by atoms with van der Waals surface area (Å²) in [7, 11) is 0. The molecular weight excluding hydrogens is 254 g/mol. The number of amides is 1. The van der Waals surface area contributed by atoms with E-state index in [1.165, 1.54) is 13.2 Å². The molecule has 2 rings (SSSR count). The molecule has 0 unspecified atom stereocenters. The predicted octanol–water partition coefficient (Wildman–Crippen LogP) is 2.13. The Morgan fingerprint density at radius 2 is 2.11 bits per heavy atom. The van der Waals surface area contributed by atoms with E-state index in [2.05, 4.69) is 5.32 Å². The molecule has 0 aromatic carbocycles. The Balaban J connectivity index is 2.49. The molecule has 0 bridgehead atoms. The lowest BCUT2D eigenvalue weighted by atomic mass is 10.3. The van der Waals surface area contributed by atoms with Gasteiger partial charge in [-0.2, -0.15) is 0 Å². The molecule has 2 aromatic rings. The summed E-state index contributed by atoms with van der Waals surface area (Å²) in [6, 6.07) is 3.15. The Kier molecular flexibility index (Phi) is 3.28. The fourth-order valence-corrected chi connectivity index (χ4v) is 1.46. The van der Waals surface area contributed by atoms with E-state index in [-0.39, 0.29) is 23.2 Å². The molecule has 0 aliphatic carbocycles. The molecule has 0 saturated heterocycles. The van der Waals surface area contributed by atoms with Gasteiger partial charge in [-0.25, -0.2) is 0 Å².